The van der Waals surface area contributed by atoms with E-state index in [-0.39, 0.29) is 24.6 Å². The van der Waals surface area contributed by atoms with Crippen LogP contribution in [0.2, 0.25) is 0 Å². The number of rotatable bonds is 0. The van der Waals surface area contributed by atoms with E-state index in [0.717, 1.165) is 5.57 Å². The molecule has 8 aliphatic rings. The van der Waals surface area contributed by atoms with Crippen molar-refractivity contribution < 1.29 is 43.2 Å². The van der Waals surface area contributed by atoms with E-state index in [9.17, 15) is 24.3 Å². The molecule has 5 heterocycles. The van der Waals surface area contributed by atoms with Gasteiger partial charge in [0, 0.05) is 5.92 Å². The van der Waals surface area contributed by atoms with Crippen molar-refractivity contribution in [3.8, 4) is 0 Å². The Hall–Kier alpha value is -2.36. The second-order valence-electron chi connectivity index (χ2n) is 13.0. The van der Waals surface area contributed by atoms with Crippen LogP contribution >= 0.6 is 0 Å². The van der Waals surface area contributed by atoms with Gasteiger partial charge in [0.15, 0.2) is 28.4 Å². The molecule has 0 radical (unpaired) electrons. The molecule has 8 rings (SSSR count). The third kappa shape index (κ3) is 1.97. The number of allylic oxidation sites excluding steroid dienone is 4. The van der Waals surface area contributed by atoms with Crippen LogP contribution in [0.4, 0.5) is 0 Å². The number of hydrogen-bond donors (Lipinski definition) is 1. The molecule has 5 saturated heterocycles. The van der Waals surface area contributed by atoms with Gasteiger partial charge in [-0.3, -0.25) is 14.4 Å². The van der Waals surface area contributed by atoms with Gasteiger partial charge in [-0.1, -0.05) is 24.6 Å². The molecule has 5 aliphatic heterocycles. The number of esters is 2. The van der Waals surface area contributed by atoms with Gasteiger partial charge in [0.1, 0.15) is 6.10 Å². The number of fused-ring (bicyclic) bond motifs is 5. The van der Waals surface area contributed by atoms with Crippen molar-refractivity contribution in [3.05, 3.63) is 23.8 Å². The summed E-state index contributed by atoms with van der Waals surface area (Å²) in [5.41, 5.74) is -6.43. The lowest BCUT2D eigenvalue weighted by molar-refractivity contribution is -0.374. The summed E-state index contributed by atoms with van der Waals surface area (Å²) in [5, 5.41) is 12.4. The lowest BCUT2D eigenvalue weighted by atomic mass is 9.46. The summed E-state index contributed by atoms with van der Waals surface area (Å²) in [6.07, 6.45) is 6.24. The average molecular weight is 511 g/mol. The Morgan fingerprint density at radius 1 is 1.08 bits per heavy atom. The third-order valence-corrected chi connectivity index (χ3v) is 12.0. The molecular formula is C28H30O9. The molecule has 3 aliphatic carbocycles. The zero-order valence-electron chi connectivity index (χ0n) is 21.1. The summed E-state index contributed by atoms with van der Waals surface area (Å²) in [5.74, 6) is -6.36. The number of ether oxygens (including phenoxy) is 4. The lowest BCUT2D eigenvalue weighted by Gasteiger charge is -2.63. The minimum Gasteiger partial charge on any atom is -0.458 e. The first-order valence-corrected chi connectivity index (χ1v) is 13.4. The summed E-state index contributed by atoms with van der Waals surface area (Å²) in [7, 11) is 0. The SMILES string of the molecule is CC12OC(=O)[C@]3(O)CC[C@@H]4[C@H](CC=C5CC=CC(=O)[C@@]54C)[C@@]45OC[C@H]6C(=O)O[C@H]1C[C@@]6(C)[C@@H](C4=O)C23O5. The van der Waals surface area contributed by atoms with Crippen molar-refractivity contribution in [2.24, 2.45) is 34.5 Å². The molecule has 37 heavy (non-hydrogen) atoms. The van der Waals surface area contributed by atoms with Crippen LogP contribution in [-0.4, -0.2) is 63.9 Å². The summed E-state index contributed by atoms with van der Waals surface area (Å²) in [6.45, 7) is 5.29. The van der Waals surface area contributed by atoms with E-state index < -0.39 is 75.1 Å². The van der Waals surface area contributed by atoms with Gasteiger partial charge < -0.3 is 24.1 Å². The maximum Gasteiger partial charge on any atom is 0.342 e. The van der Waals surface area contributed by atoms with Crippen molar-refractivity contribution in [1.29, 1.82) is 0 Å². The number of Topliss-reactive ketones (excluding diaryl/α,β-unsaturated/α-hetero) is 1. The van der Waals surface area contributed by atoms with Crippen LogP contribution in [0.15, 0.2) is 23.8 Å². The highest BCUT2D eigenvalue weighted by atomic mass is 16.8. The highest BCUT2D eigenvalue weighted by molar-refractivity contribution is 6.01. The van der Waals surface area contributed by atoms with Crippen molar-refractivity contribution in [1.82, 2.24) is 0 Å². The number of aliphatic hydroxyl groups is 1. The molecule has 11 atom stereocenters. The van der Waals surface area contributed by atoms with Crippen LogP contribution in [0.1, 0.15) is 52.9 Å². The fourth-order valence-corrected chi connectivity index (χ4v) is 10.0. The highest BCUT2D eigenvalue weighted by Gasteiger charge is 2.93. The van der Waals surface area contributed by atoms with E-state index >= 15 is 0 Å². The molecule has 0 aromatic carbocycles. The van der Waals surface area contributed by atoms with E-state index in [1.54, 1.807) is 13.0 Å². The third-order valence-electron chi connectivity index (χ3n) is 12.0. The molecule has 0 aromatic rings. The lowest BCUT2D eigenvalue weighted by Crippen LogP contribution is -2.79. The first kappa shape index (κ1) is 22.6. The van der Waals surface area contributed by atoms with Crippen LogP contribution in [0.25, 0.3) is 0 Å². The Morgan fingerprint density at radius 2 is 1.86 bits per heavy atom. The van der Waals surface area contributed by atoms with Crippen molar-refractivity contribution >= 4 is 23.5 Å². The Morgan fingerprint density at radius 3 is 2.65 bits per heavy atom. The first-order valence-electron chi connectivity index (χ1n) is 13.4. The Kier molecular flexibility index (Phi) is 3.73. The summed E-state index contributed by atoms with van der Waals surface area (Å²) in [6, 6.07) is 0. The van der Waals surface area contributed by atoms with Crippen molar-refractivity contribution in [3.63, 3.8) is 0 Å². The van der Waals surface area contributed by atoms with Crippen LogP contribution in [0.3, 0.4) is 0 Å². The quantitative estimate of drug-likeness (QED) is 0.382. The van der Waals surface area contributed by atoms with E-state index in [2.05, 4.69) is 0 Å². The normalized spacial score (nSPS) is 58.5. The molecule has 9 heteroatoms. The second-order valence-corrected chi connectivity index (χ2v) is 13.0. The topological polar surface area (TPSA) is 125 Å². The molecule has 9 nitrogen and oxygen atoms in total. The zero-order chi connectivity index (χ0) is 26.0. The number of hydrogen-bond acceptors (Lipinski definition) is 9. The van der Waals surface area contributed by atoms with Gasteiger partial charge in [0.25, 0.3) is 0 Å². The molecule has 196 valence electrons. The van der Waals surface area contributed by atoms with E-state index in [4.69, 9.17) is 18.9 Å². The Balaban J connectivity index is 1.43. The van der Waals surface area contributed by atoms with Crippen molar-refractivity contribution in [2.45, 2.75) is 81.6 Å². The fourth-order valence-electron chi connectivity index (χ4n) is 10.0. The van der Waals surface area contributed by atoms with Gasteiger partial charge in [-0.05, 0) is 63.4 Å². The summed E-state index contributed by atoms with van der Waals surface area (Å²) >= 11 is 0. The molecule has 5 bridgehead atoms. The van der Waals surface area contributed by atoms with Gasteiger partial charge in [-0.2, -0.15) is 0 Å². The molecule has 1 N–H and O–H groups in total. The molecule has 2 unspecified atom stereocenters. The van der Waals surface area contributed by atoms with Crippen LogP contribution < -0.4 is 0 Å². The fraction of sp³-hybridized carbons (Fsp3) is 0.714. The predicted octanol–water partition coefficient (Wildman–Crippen LogP) is 1.56. The first-order chi connectivity index (χ1) is 17.4. The smallest absolute Gasteiger partial charge is 0.342 e. The molecule has 6 fully saturated rings. The minimum atomic E-state index is -2.17. The van der Waals surface area contributed by atoms with Gasteiger partial charge in [-0.15, -0.1) is 0 Å². The predicted molar refractivity (Wildman–Crippen MR) is 122 cm³/mol. The van der Waals surface area contributed by atoms with E-state index in [1.807, 2.05) is 26.0 Å². The van der Waals surface area contributed by atoms with Crippen LogP contribution in [0, 0.1) is 34.5 Å². The average Bonchev–Trinajstić information content (AvgIpc) is 3.16. The summed E-state index contributed by atoms with van der Waals surface area (Å²) < 4.78 is 25.1. The van der Waals surface area contributed by atoms with Gasteiger partial charge in [-0.25, -0.2) is 4.79 Å². The Bertz CT molecular complexity index is 1300. The minimum absolute atomic E-state index is 0.0380. The van der Waals surface area contributed by atoms with Crippen molar-refractivity contribution in [2.75, 3.05) is 6.61 Å². The monoisotopic (exact) mass is 510 g/mol. The Labute approximate surface area is 213 Å². The standard InChI is InChI=1S/C28H30O9/c1-23-11-18-25(3)28-19(23)20(30)27(37-28,34-12-16(23)21(31)35-18)15-8-7-13-5-4-6-17(29)24(13,2)14(15)9-10-26(28,33)22(32)36-25/h4,6-7,14-16,18-19,33H,5,8-12H2,1-3H3/t14-,15+,16+,18+,19-,23-,24+,25?,26-,27+,28?/m1/s1. The maximum absolute atomic E-state index is 14.8. The zero-order valence-corrected chi connectivity index (χ0v) is 21.1. The van der Waals surface area contributed by atoms with Crippen LogP contribution in [-0.2, 0) is 38.1 Å². The molecule has 0 amide bonds. The number of ketones is 2. The molecule has 1 saturated carbocycles. The van der Waals surface area contributed by atoms with Gasteiger partial charge >= 0.3 is 11.9 Å². The van der Waals surface area contributed by atoms with E-state index in [0.29, 0.717) is 25.7 Å². The van der Waals surface area contributed by atoms with Gasteiger partial charge in [0.05, 0.1) is 23.9 Å². The van der Waals surface area contributed by atoms with Gasteiger partial charge in [0.2, 0.25) is 5.79 Å². The molecule has 0 aromatic heterocycles. The number of carbonyl (C=O) groups excluding carboxylic acids is 4. The molecular weight excluding hydrogens is 480 g/mol. The highest BCUT2D eigenvalue weighted by Crippen LogP contribution is 2.75. The number of carbonyl (C=O) groups is 4. The second kappa shape index (κ2) is 6.10. The van der Waals surface area contributed by atoms with Crippen LogP contribution in [0.5, 0.6) is 0 Å². The largest absolute Gasteiger partial charge is 0.458 e. The summed E-state index contributed by atoms with van der Waals surface area (Å²) in [4.78, 5) is 55.2. The molecule has 2 spiro atoms. The maximum atomic E-state index is 14.8. The van der Waals surface area contributed by atoms with E-state index in [1.165, 1.54) is 0 Å².